The van der Waals surface area contributed by atoms with Gasteiger partial charge in [0.15, 0.2) is 5.82 Å². The van der Waals surface area contributed by atoms with E-state index in [1.165, 1.54) is 28.2 Å². The first-order valence-electron chi connectivity index (χ1n) is 11.0. The van der Waals surface area contributed by atoms with Gasteiger partial charge >= 0.3 is 0 Å². The fourth-order valence-corrected chi connectivity index (χ4v) is 5.40. The minimum Gasteiger partial charge on any atom is -0.354 e. The Balaban J connectivity index is 1.33. The zero-order chi connectivity index (χ0) is 24.5. The fraction of sp³-hybridized carbons (Fsp3) is 0.160. The average Bonchev–Trinajstić information content (AvgIpc) is 3.37. The Hall–Kier alpha value is -3.47. The Bertz CT molecular complexity index is 1330. The van der Waals surface area contributed by atoms with E-state index in [4.69, 9.17) is 0 Å². The Morgan fingerprint density at radius 2 is 1.54 bits per heavy atom. The average molecular weight is 508 g/mol. The lowest BCUT2D eigenvalue weighted by molar-refractivity contribution is -0.121. The van der Waals surface area contributed by atoms with E-state index < -0.39 is 10.0 Å². The number of aromatic nitrogens is 3. The Morgan fingerprint density at radius 1 is 0.914 bits per heavy atom. The number of benzene rings is 3. The van der Waals surface area contributed by atoms with Crippen LogP contribution in [0.4, 0.5) is 0 Å². The summed E-state index contributed by atoms with van der Waals surface area (Å²) in [6, 6.07) is 27.0. The number of carbonyl (C=O) groups excluding carboxylic acids is 1. The third kappa shape index (κ3) is 6.78. The summed E-state index contributed by atoms with van der Waals surface area (Å²) in [5, 5.41) is 10.5. The van der Waals surface area contributed by atoms with Crippen molar-refractivity contribution >= 4 is 27.7 Å². The lowest BCUT2D eigenvalue weighted by Gasteiger charge is -2.22. The van der Waals surface area contributed by atoms with Crippen LogP contribution in [0.1, 0.15) is 5.56 Å². The van der Waals surface area contributed by atoms with E-state index in [1.54, 1.807) is 18.2 Å². The molecule has 8 nitrogen and oxygen atoms in total. The molecule has 1 aromatic heterocycles. The summed E-state index contributed by atoms with van der Waals surface area (Å²) in [6.45, 7) is 0.165. The first kappa shape index (κ1) is 24.6. The van der Waals surface area contributed by atoms with Gasteiger partial charge in [0.1, 0.15) is 0 Å². The lowest BCUT2D eigenvalue weighted by Crippen LogP contribution is -2.40. The summed E-state index contributed by atoms with van der Waals surface area (Å²) in [5.41, 5.74) is 1.74. The number of nitrogens with one attached hydrogen (secondary N) is 2. The van der Waals surface area contributed by atoms with Gasteiger partial charge in [-0.15, -0.1) is 5.10 Å². The highest BCUT2D eigenvalue weighted by Crippen LogP contribution is 2.19. The van der Waals surface area contributed by atoms with Crippen LogP contribution in [0.2, 0.25) is 0 Å². The van der Waals surface area contributed by atoms with E-state index in [-0.39, 0.29) is 23.9 Å². The molecule has 0 unspecified atom stereocenters. The molecule has 0 aliphatic rings. The molecule has 0 aliphatic heterocycles. The van der Waals surface area contributed by atoms with Crippen LogP contribution in [-0.2, 0) is 21.4 Å². The standard InChI is InChI=1S/C25H25N5O3S2/c31-23(26-16-17-34-25-27-24(28-29-25)21-12-6-2-7-13-21)19-30(18-20-10-4-1-5-11-20)35(32,33)22-14-8-3-9-15-22/h1-15H,16-19H2,(H,26,31)(H,27,28,29). The van der Waals surface area contributed by atoms with E-state index in [9.17, 15) is 13.2 Å². The van der Waals surface area contributed by atoms with E-state index in [1.807, 2.05) is 60.7 Å². The molecule has 1 amide bonds. The summed E-state index contributed by atoms with van der Waals surface area (Å²) in [5.74, 6) is 0.850. The molecule has 35 heavy (non-hydrogen) atoms. The number of carbonyl (C=O) groups is 1. The zero-order valence-electron chi connectivity index (χ0n) is 18.9. The monoisotopic (exact) mass is 507 g/mol. The predicted octanol–water partition coefficient (Wildman–Crippen LogP) is 3.57. The number of sulfonamides is 1. The number of hydrogen-bond donors (Lipinski definition) is 2. The van der Waals surface area contributed by atoms with Gasteiger partial charge < -0.3 is 5.32 Å². The smallest absolute Gasteiger partial charge is 0.243 e. The largest absolute Gasteiger partial charge is 0.354 e. The molecule has 0 fully saturated rings. The maximum atomic E-state index is 13.2. The lowest BCUT2D eigenvalue weighted by atomic mass is 10.2. The molecule has 4 rings (SSSR count). The molecule has 0 saturated heterocycles. The van der Waals surface area contributed by atoms with Crippen molar-refractivity contribution in [3.05, 3.63) is 96.6 Å². The molecule has 0 saturated carbocycles. The third-order valence-corrected chi connectivity index (χ3v) is 7.73. The number of hydrogen-bond acceptors (Lipinski definition) is 6. The minimum absolute atomic E-state index is 0.0969. The van der Waals surface area contributed by atoms with Gasteiger partial charge in [0, 0.05) is 24.4 Å². The molecular formula is C25H25N5O3S2. The molecule has 0 aliphatic carbocycles. The predicted molar refractivity (Wildman–Crippen MR) is 136 cm³/mol. The fourth-order valence-electron chi connectivity index (χ4n) is 3.34. The molecule has 10 heteroatoms. The highest BCUT2D eigenvalue weighted by atomic mass is 32.2. The molecule has 0 bridgehead atoms. The van der Waals surface area contributed by atoms with Crippen molar-refractivity contribution in [1.29, 1.82) is 0 Å². The molecule has 0 radical (unpaired) electrons. The second-order valence-corrected chi connectivity index (χ2v) is 10.6. The van der Waals surface area contributed by atoms with Crippen molar-refractivity contribution in [3.63, 3.8) is 0 Å². The SMILES string of the molecule is O=C(CN(Cc1ccccc1)S(=O)(=O)c1ccccc1)NCCSc1n[nH]c(-c2ccccc2)n1. The normalized spacial score (nSPS) is 11.5. The van der Waals surface area contributed by atoms with Gasteiger partial charge in [0.05, 0.1) is 11.4 Å². The van der Waals surface area contributed by atoms with Crippen molar-refractivity contribution in [2.24, 2.45) is 0 Å². The Kier molecular flexibility index (Phi) is 8.30. The topological polar surface area (TPSA) is 108 Å². The van der Waals surface area contributed by atoms with E-state index in [0.29, 0.717) is 23.3 Å². The number of aromatic amines is 1. The molecule has 180 valence electrons. The molecule has 0 atom stereocenters. The van der Waals surface area contributed by atoms with E-state index in [2.05, 4.69) is 20.5 Å². The van der Waals surface area contributed by atoms with Crippen LogP contribution < -0.4 is 5.32 Å². The summed E-state index contributed by atoms with van der Waals surface area (Å²) >= 11 is 1.40. The third-order valence-electron chi connectivity index (χ3n) is 5.07. The summed E-state index contributed by atoms with van der Waals surface area (Å²) < 4.78 is 27.7. The van der Waals surface area contributed by atoms with Gasteiger partial charge in [-0.2, -0.15) is 4.31 Å². The van der Waals surface area contributed by atoms with Crippen molar-refractivity contribution in [2.45, 2.75) is 16.6 Å². The second-order valence-electron chi connectivity index (χ2n) is 7.60. The quantitative estimate of drug-likeness (QED) is 0.237. The van der Waals surface area contributed by atoms with Gasteiger partial charge in [-0.1, -0.05) is 90.6 Å². The first-order valence-corrected chi connectivity index (χ1v) is 13.4. The summed E-state index contributed by atoms with van der Waals surface area (Å²) in [4.78, 5) is 17.3. The van der Waals surface area contributed by atoms with E-state index in [0.717, 1.165) is 11.1 Å². The van der Waals surface area contributed by atoms with Gasteiger partial charge in [-0.3, -0.25) is 9.89 Å². The number of rotatable bonds is 11. The first-order chi connectivity index (χ1) is 17.0. The van der Waals surface area contributed by atoms with Gasteiger partial charge in [0.25, 0.3) is 0 Å². The van der Waals surface area contributed by atoms with E-state index >= 15 is 0 Å². The number of nitrogens with zero attached hydrogens (tertiary/aromatic N) is 3. The van der Waals surface area contributed by atoms with Gasteiger partial charge in [-0.25, -0.2) is 13.4 Å². The van der Waals surface area contributed by atoms with Crippen LogP contribution in [0, 0.1) is 0 Å². The number of amides is 1. The minimum atomic E-state index is -3.85. The number of thioether (sulfide) groups is 1. The second kappa shape index (κ2) is 11.8. The van der Waals surface area contributed by atoms with Crippen molar-refractivity contribution in [2.75, 3.05) is 18.8 Å². The van der Waals surface area contributed by atoms with Crippen LogP contribution in [0.25, 0.3) is 11.4 Å². The molecule has 2 N–H and O–H groups in total. The van der Waals surface area contributed by atoms with Crippen LogP contribution in [-0.4, -0.2) is 52.7 Å². The van der Waals surface area contributed by atoms with Crippen molar-refractivity contribution in [3.8, 4) is 11.4 Å². The van der Waals surface area contributed by atoms with Gasteiger partial charge in [-0.05, 0) is 17.7 Å². The maximum absolute atomic E-state index is 13.2. The van der Waals surface area contributed by atoms with Crippen LogP contribution in [0.5, 0.6) is 0 Å². The molecule has 1 heterocycles. The Morgan fingerprint density at radius 3 is 2.23 bits per heavy atom. The molecule has 0 spiro atoms. The van der Waals surface area contributed by atoms with Crippen LogP contribution in [0.3, 0.4) is 0 Å². The highest BCUT2D eigenvalue weighted by Gasteiger charge is 2.26. The molecular weight excluding hydrogens is 482 g/mol. The molecule has 3 aromatic carbocycles. The highest BCUT2D eigenvalue weighted by molar-refractivity contribution is 7.99. The summed E-state index contributed by atoms with van der Waals surface area (Å²) in [7, 11) is -3.85. The van der Waals surface area contributed by atoms with Crippen molar-refractivity contribution in [1.82, 2.24) is 24.8 Å². The van der Waals surface area contributed by atoms with Crippen LogP contribution in [0.15, 0.2) is 101 Å². The van der Waals surface area contributed by atoms with Crippen molar-refractivity contribution < 1.29 is 13.2 Å². The zero-order valence-corrected chi connectivity index (χ0v) is 20.5. The maximum Gasteiger partial charge on any atom is 0.243 e. The van der Waals surface area contributed by atoms with Gasteiger partial charge in [0.2, 0.25) is 21.1 Å². The molecule has 4 aromatic rings. The number of H-pyrrole nitrogens is 1. The Labute approximate surface area is 208 Å². The summed E-state index contributed by atoms with van der Waals surface area (Å²) in [6.07, 6.45) is 0. The van der Waals surface area contributed by atoms with Crippen LogP contribution >= 0.6 is 11.8 Å².